The summed E-state index contributed by atoms with van der Waals surface area (Å²) in [5, 5.41) is 4.75. The number of nitrogens with zero attached hydrogens (tertiary/aromatic N) is 2. The Bertz CT molecular complexity index is 508. The molecule has 0 amide bonds. The van der Waals surface area contributed by atoms with Crippen molar-refractivity contribution < 1.29 is 0 Å². The molecule has 1 heterocycles. The summed E-state index contributed by atoms with van der Waals surface area (Å²) < 4.78 is 2.70. The largest absolute Gasteiger partial charge is 0.324 e. The molecule has 1 atom stereocenters. The maximum absolute atomic E-state index is 5.83. The van der Waals surface area contributed by atoms with Crippen LogP contribution in [0.1, 0.15) is 18.5 Å². The highest BCUT2D eigenvalue weighted by Gasteiger charge is 2.07. The van der Waals surface area contributed by atoms with E-state index in [2.05, 4.69) is 21.0 Å². The van der Waals surface area contributed by atoms with Gasteiger partial charge in [-0.1, -0.05) is 33.6 Å². The normalized spacial score (nSPS) is 12.8. The van der Waals surface area contributed by atoms with Crippen molar-refractivity contribution >= 4 is 27.5 Å². The van der Waals surface area contributed by atoms with E-state index in [1.165, 1.54) is 0 Å². The minimum atomic E-state index is 0.00429. The van der Waals surface area contributed by atoms with Gasteiger partial charge >= 0.3 is 0 Å². The van der Waals surface area contributed by atoms with Gasteiger partial charge in [0.25, 0.3) is 0 Å². The molecule has 1 aromatic carbocycles. The van der Waals surface area contributed by atoms with Gasteiger partial charge in [0.1, 0.15) is 0 Å². The summed E-state index contributed by atoms with van der Waals surface area (Å²) in [5.74, 6) is 0. The summed E-state index contributed by atoms with van der Waals surface area (Å²) in [6.45, 7) is 1.95. The second-order valence-corrected chi connectivity index (χ2v) is 4.89. The van der Waals surface area contributed by atoms with Crippen LogP contribution in [0.2, 0.25) is 5.02 Å². The van der Waals surface area contributed by atoms with Crippen LogP contribution in [0.5, 0.6) is 0 Å². The van der Waals surface area contributed by atoms with Gasteiger partial charge in [0.15, 0.2) is 0 Å². The highest BCUT2D eigenvalue weighted by atomic mass is 79.9. The molecule has 0 aliphatic carbocycles. The first kappa shape index (κ1) is 11.6. The molecule has 2 N–H and O–H groups in total. The van der Waals surface area contributed by atoms with E-state index in [4.69, 9.17) is 17.3 Å². The minimum Gasteiger partial charge on any atom is -0.324 e. The zero-order valence-electron chi connectivity index (χ0n) is 8.69. The lowest BCUT2D eigenvalue weighted by molar-refractivity contribution is 0.809. The highest BCUT2D eigenvalue weighted by Crippen LogP contribution is 2.25. The van der Waals surface area contributed by atoms with Crippen LogP contribution in [-0.4, -0.2) is 9.78 Å². The van der Waals surface area contributed by atoms with E-state index in [1.54, 1.807) is 17.1 Å². The van der Waals surface area contributed by atoms with Gasteiger partial charge in [-0.05, 0) is 24.6 Å². The number of nitrogens with two attached hydrogens (primary N) is 1. The van der Waals surface area contributed by atoms with Crippen molar-refractivity contribution in [3.63, 3.8) is 0 Å². The SMILES string of the molecule is C[C@H](N)c1ccc(-n2cc(Cl)cn2)cc1Br. The van der Waals surface area contributed by atoms with E-state index in [9.17, 15) is 0 Å². The third kappa shape index (κ3) is 2.29. The maximum atomic E-state index is 5.83. The average molecular weight is 301 g/mol. The second kappa shape index (κ2) is 4.57. The zero-order valence-corrected chi connectivity index (χ0v) is 11.0. The monoisotopic (exact) mass is 299 g/mol. The summed E-state index contributed by atoms with van der Waals surface area (Å²) in [6.07, 6.45) is 3.36. The fourth-order valence-electron chi connectivity index (χ4n) is 1.47. The quantitative estimate of drug-likeness (QED) is 0.924. The Morgan fingerprint density at radius 2 is 2.25 bits per heavy atom. The molecule has 0 radical (unpaired) electrons. The Morgan fingerprint density at radius 3 is 2.75 bits per heavy atom. The molecule has 0 unspecified atom stereocenters. The van der Waals surface area contributed by atoms with Crippen LogP contribution in [0, 0.1) is 0 Å². The Kier molecular flexibility index (Phi) is 3.33. The van der Waals surface area contributed by atoms with E-state index in [0.717, 1.165) is 15.7 Å². The van der Waals surface area contributed by atoms with Crippen LogP contribution in [0.4, 0.5) is 0 Å². The number of halogens is 2. The molecule has 3 nitrogen and oxygen atoms in total. The van der Waals surface area contributed by atoms with Gasteiger partial charge in [-0.2, -0.15) is 5.10 Å². The zero-order chi connectivity index (χ0) is 11.7. The lowest BCUT2D eigenvalue weighted by atomic mass is 10.1. The van der Waals surface area contributed by atoms with E-state index in [0.29, 0.717) is 5.02 Å². The molecular formula is C11H11BrClN3. The summed E-state index contributed by atoms with van der Waals surface area (Å²) in [6, 6.07) is 5.93. The molecule has 5 heteroatoms. The van der Waals surface area contributed by atoms with Crippen LogP contribution in [0.15, 0.2) is 35.1 Å². The summed E-state index contributed by atoms with van der Waals surface area (Å²) in [4.78, 5) is 0. The molecule has 0 saturated carbocycles. The molecule has 0 aliphatic heterocycles. The Morgan fingerprint density at radius 1 is 1.50 bits per heavy atom. The van der Waals surface area contributed by atoms with Gasteiger partial charge in [0.05, 0.1) is 16.9 Å². The second-order valence-electron chi connectivity index (χ2n) is 3.60. The Labute approximate surface area is 107 Å². The number of hydrogen-bond acceptors (Lipinski definition) is 2. The molecule has 84 valence electrons. The minimum absolute atomic E-state index is 0.00429. The number of rotatable bonds is 2. The molecular weight excluding hydrogens is 289 g/mol. The fourth-order valence-corrected chi connectivity index (χ4v) is 2.33. The van der Waals surface area contributed by atoms with Gasteiger partial charge in [-0.3, -0.25) is 0 Å². The fraction of sp³-hybridized carbons (Fsp3) is 0.182. The molecule has 16 heavy (non-hydrogen) atoms. The topological polar surface area (TPSA) is 43.8 Å². The van der Waals surface area contributed by atoms with Crippen LogP contribution in [0.3, 0.4) is 0 Å². The first-order valence-electron chi connectivity index (χ1n) is 4.83. The maximum Gasteiger partial charge on any atom is 0.0790 e. The van der Waals surface area contributed by atoms with Gasteiger partial charge in [-0.15, -0.1) is 0 Å². The van der Waals surface area contributed by atoms with Crippen LogP contribution < -0.4 is 5.73 Å². The molecule has 2 rings (SSSR count). The van der Waals surface area contributed by atoms with Crippen LogP contribution >= 0.6 is 27.5 Å². The van der Waals surface area contributed by atoms with Gasteiger partial charge in [-0.25, -0.2) is 4.68 Å². The molecule has 1 aromatic heterocycles. The molecule has 0 saturated heterocycles. The van der Waals surface area contributed by atoms with Crippen molar-refractivity contribution in [2.45, 2.75) is 13.0 Å². The van der Waals surface area contributed by atoms with Crippen molar-refractivity contribution in [2.24, 2.45) is 5.73 Å². The van der Waals surface area contributed by atoms with E-state index >= 15 is 0 Å². The van der Waals surface area contributed by atoms with E-state index < -0.39 is 0 Å². The highest BCUT2D eigenvalue weighted by molar-refractivity contribution is 9.10. The molecule has 2 aromatic rings. The van der Waals surface area contributed by atoms with E-state index in [-0.39, 0.29) is 6.04 Å². The standard InChI is InChI=1S/C11H11BrClN3/c1-7(14)10-3-2-9(4-11(10)12)16-6-8(13)5-15-16/h2-7H,14H2,1H3/t7-/m0/s1. The molecule has 0 aliphatic rings. The summed E-state index contributed by atoms with van der Waals surface area (Å²) >= 11 is 9.31. The summed E-state index contributed by atoms with van der Waals surface area (Å²) in [5.41, 5.74) is 7.85. The number of aromatic nitrogens is 2. The molecule has 0 spiro atoms. The first-order valence-corrected chi connectivity index (χ1v) is 6.00. The van der Waals surface area contributed by atoms with Crippen LogP contribution in [-0.2, 0) is 0 Å². The van der Waals surface area contributed by atoms with Crippen molar-refractivity contribution in [1.29, 1.82) is 0 Å². The third-order valence-electron chi connectivity index (χ3n) is 2.29. The van der Waals surface area contributed by atoms with E-state index in [1.807, 2.05) is 25.1 Å². The van der Waals surface area contributed by atoms with Crippen molar-refractivity contribution in [3.05, 3.63) is 45.7 Å². The van der Waals surface area contributed by atoms with Crippen molar-refractivity contribution in [3.8, 4) is 5.69 Å². The van der Waals surface area contributed by atoms with Crippen molar-refractivity contribution in [2.75, 3.05) is 0 Å². The lowest BCUT2D eigenvalue weighted by Crippen LogP contribution is -2.06. The molecule has 0 fully saturated rings. The Hall–Kier alpha value is -0.840. The number of hydrogen-bond donors (Lipinski definition) is 1. The Balaban J connectivity index is 2.42. The average Bonchev–Trinajstić information content (AvgIpc) is 2.64. The molecule has 0 bridgehead atoms. The third-order valence-corrected chi connectivity index (χ3v) is 3.17. The first-order chi connectivity index (χ1) is 7.58. The predicted octanol–water partition coefficient (Wildman–Crippen LogP) is 3.31. The van der Waals surface area contributed by atoms with Gasteiger partial charge in [0, 0.05) is 16.7 Å². The number of benzene rings is 1. The smallest absolute Gasteiger partial charge is 0.0790 e. The lowest BCUT2D eigenvalue weighted by Gasteiger charge is -2.10. The van der Waals surface area contributed by atoms with Crippen LogP contribution in [0.25, 0.3) is 5.69 Å². The van der Waals surface area contributed by atoms with Gasteiger partial charge in [0.2, 0.25) is 0 Å². The predicted molar refractivity (Wildman–Crippen MR) is 68.9 cm³/mol. The summed E-state index contributed by atoms with van der Waals surface area (Å²) in [7, 11) is 0. The van der Waals surface area contributed by atoms with Crippen molar-refractivity contribution in [1.82, 2.24) is 9.78 Å². The van der Waals surface area contributed by atoms with Gasteiger partial charge < -0.3 is 5.73 Å².